The number of piperidine rings is 1. The Morgan fingerprint density at radius 1 is 1.37 bits per heavy atom. The van der Waals surface area contributed by atoms with E-state index in [2.05, 4.69) is 5.32 Å². The summed E-state index contributed by atoms with van der Waals surface area (Å²) in [6.45, 7) is 2.44. The number of hydrogen-bond donors (Lipinski definition) is 2. The van der Waals surface area contributed by atoms with Crippen molar-refractivity contribution in [3.63, 3.8) is 0 Å². The predicted molar refractivity (Wildman–Crippen MR) is 68.9 cm³/mol. The lowest BCUT2D eigenvalue weighted by atomic mass is 9.98. The Morgan fingerprint density at radius 2 is 2.00 bits per heavy atom. The highest BCUT2D eigenvalue weighted by atomic mass is 16.5. The van der Waals surface area contributed by atoms with Crippen molar-refractivity contribution in [1.82, 2.24) is 10.2 Å². The van der Waals surface area contributed by atoms with E-state index >= 15 is 0 Å². The van der Waals surface area contributed by atoms with Gasteiger partial charge in [-0.05, 0) is 31.6 Å². The number of carboxylic acid groups (broad SMARTS) is 1. The average Bonchev–Trinajstić information content (AvgIpc) is 3.18. The van der Waals surface area contributed by atoms with Crippen LogP contribution in [0.2, 0.25) is 0 Å². The molecule has 0 bridgehead atoms. The van der Waals surface area contributed by atoms with Crippen molar-refractivity contribution in [1.29, 1.82) is 0 Å². The molecule has 0 aromatic rings. The van der Waals surface area contributed by atoms with Gasteiger partial charge in [0.25, 0.3) is 0 Å². The van der Waals surface area contributed by atoms with Crippen molar-refractivity contribution >= 4 is 12.0 Å². The summed E-state index contributed by atoms with van der Waals surface area (Å²) in [6.07, 6.45) is 3.23. The molecule has 1 saturated heterocycles. The van der Waals surface area contributed by atoms with Crippen LogP contribution >= 0.6 is 0 Å². The van der Waals surface area contributed by atoms with Gasteiger partial charge in [0, 0.05) is 33.4 Å². The molecule has 0 unspecified atom stereocenters. The van der Waals surface area contributed by atoms with E-state index in [0.717, 1.165) is 32.5 Å². The summed E-state index contributed by atoms with van der Waals surface area (Å²) in [7, 11) is 1.69. The fourth-order valence-corrected chi connectivity index (χ4v) is 2.51. The van der Waals surface area contributed by atoms with Crippen LogP contribution in [0.1, 0.15) is 25.7 Å². The second-order valence-electron chi connectivity index (χ2n) is 5.63. The molecule has 0 radical (unpaired) electrons. The number of rotatable bonds is 5. The summed E-state index contributed by atoms with van der Waals surface area (Å²) in [5.74, 6) is -0.269. The van der Waals surface area contributed by atoms with Gasteiger partial charge in [-0.1, -0.05) is 0 Å². The van der Waals surface area contributed by atoms with Gasteiger partial charge in [-0.2, -0.15) is 0 Å². The number of carbonyl (C=O) groups is 2. The summed E-state index contributed by atoms with van der Waals surface area (Å²) in [6, 6.07) is -0.136. The highest BCUT2D eigenvalue weighted by Crippen LogP contribution is 2.45. The monoisotopic (exact) mass is 270 g/mol. The van der Waals surface area contributed by atoms with Crippen LogP contribution in [0.3, 0.4) is 0 Å². The van der Waals surface area contributed by atoms with E-state index in [9.17, 15) is 9.59 Å². The van der Waals surface area contributed by atoms with Crippen molar-refractivity contribution in [3.8, 4) is 0 Å². The first-order chi connectivity index (χ1) is 9.07. The Kier molecular flexibility index (Phi) is 4.29. The lowest BCUT2D eigenvalue weighted by molar-refractivity contribution is -0.143. The van der Waals surface area contributed by atoms with Crippen LogP contribution in [0.5, 0.6) is 0 Å². The van der Waals surface area contributed by atoms with E-state index in [0.29, 0.717) is 18.8 Å². The molecule has 2 rings (SSSR count). The van der Waals surface area contributed by atoms with Crippen LogP contribution in [-0.4, -0.2) is 55.4 Å². The van der Waals surface area contributed by atoms with Gasteiger partial charge in [-0.3, -0.25) is 4.79 Å². The molecule has 19 heavy (non-hydrogen) atoms. The normalized spacial score (nSPS) is 22.1. The quantitative estimate of drug-likeness (QED) is 0.778. The van der Waals surface area contributed by atoms with Crippen molar-refractivity contribution in [3.05, 3.63) is 0 Å². The second-order valence-corrected chi connectivity index (χ2v) is 5.63. The number of likely N-dealkylation sites (tertiary alicyclic amines) is 1. The molecule has 6 nitrogen and oxygen atoms in total. The molecule has 0 aromatic carbocycles. The number of ether oxygens (including phenoxy) is 1. The average molecular weight is 270 g/mol. The molecule has 2 N–H and O–H groups in total. The van der Waals surface area contributed by atoms with E-state index < -0.39 is 11.4 Å². The number of amides is 2. The van der Waals surface area contributed by atoms with Gasteiger partial charge in [-0.25, -0.2) is 4.79 Å². The van der Waals surface area contributed by atoms with E-state index in [1.54, 1.807) is 12.0 Å². The molecule has 6 heteroatoms. The zero-order valence-electron chi connectivity index (χ0n) is 11.4. The van der Waals surface area contributed by atoms with Gasteiger partial charge < -0.3 is 20.1 Å². The first-order valence-corrected chi connectivity index (χ1v) is 6.82. The van der Waals surface area contributed by atoms with Crippen molar-refractivity contribution in [2.75, 3.05) is 33.4 Å². The number of hydrogen-bond acceptors (Lipinski definition) is 3. The number of nitrogens with zero attached hydrogens (tertiary/aromatic N) is 1. The van der Waals surface area contributed by atoms with Crippen LogP contribution in [-0.2, 0) is 9.53 Å². The lowest BCUT2D eigenvalue weighted by Crippen LogP contribution is -2.47. The van der Waals surface area contributed by atoms with E-state index in [1.165, 1.54) is 0 Å². The van der Waals surface area contributed by atoms with Crippen molar-refractivity contribution in [2.24, 2.45) is 11.3 Å². The maximum absolute atomic E-state index is 12.0. The summed E-state index contributed by atoms with van der Waals surface area (Å²) in [5.41, 5.74) is -0.690. The SMILES string of the molecule is COCC1CCN(C(=O)NCC2(C(=O)O)CC2)CC1. The maximum Gasteiger partial charge on any atom is 0.317 e. The number of urea groups is 1. The van der Waals surface area contributed by atoms with Crippen LogP contribution in [0.4, 0.5) is 4.79 Å². The summed E-state index contributed by atoms with van der Waals surface area (Å²) < 4.78 is 5.12. The molecule has 1 aliphatic carbocycles. The Bertz CT molecular complexity index is 347. The molecule has 0 atom stereocenters. The summed E-state index contributed by atoms with van der Waals surface area (Å²) >= 11 is 0. The van der Waals surface area contributed by atoms with Gasteiger partial charge in [-0.15, -0.1) is 0 Å². The highest BCUT2D eigenvalue weighted by molar-refractivity contribution is 5.80. The number of carboxylic acids is 1. The molecular formula is C13H22N2O4. The van der Waals surface area contributed by atoms with Gasteiger partial charge in [0.2, 0.25) is 0 Å². The number of methoxy groups -OCH3 is 1. The Balaban J connectivity index is 1.71. The van der Waals surface area contributed by atoms with E-state index in [4.69, 9.17) is 9.84 Å². The third kappa shape index (κ3) is 3.37. The van der Waals surface area contributed by atoms with Crippen LogP contribution in [0.15, 0.2) is 0 Å². The number of aliphatic carboxylic acids is 1. The molecule has 1 aliphatic heterocycles. The molecule has 0 spiro atoms. The first-order valence-electron chi connectivity index (χ1n) is 6.82. The number of carbonyl (C=O) groups excluding carboxylic acids is 1. The van der Waals surface area contributed by atoms with Crippen LogP contribution in [0, 0.1) is 11.3 Å². The molecule has 108 valence electrons. The summed E-state index contributed by atoms with van der Waals surface area (Å²) in [5, 5.41) is 11.8. The Labute approximate surface area is 113 Å². The molecule has 2 amide bonds. The fourth-order valence-electron chi connectivity index (χ4n) is 2.51. The minimum Gasteiger partial charge on any atom is -0.481 e. The third-order valence-electron chi connectivity index (χ3n) is 4.19. The molecular weight excluding hydrogens is 248 g/mol. The van der Waals surface area contributed by atoms with Gasteiger partial charge >= 0.3 is 12.0 Å². The standard InChI is InChI=1S/C13H22N2O4/c1-19-8-10-2-6-15(7-3-10)12(18)14-9-13(4-5-13)11(16)17/h10H,2-9H2,1H3,(H,14,18)(H,16,17). The van der Waals surface area contributed by atoms with E-state index in [1.807, 2.05) is 0 Å². The molecule has 1 saturated carbocycles. The topological polar surface area (TPSA) is 78.9 Å². The van der Waals surface area contributed by atoms with Gasteiger partial charge in [0.1, 0.15) is 0 Å². The van der Waals surface area contributed by atoms with Crippen LogP contribution < -0.4 is 5.32 Å². The predicted octanol–water partition coefficient (Wildman–Crippen LogP) is 0.919. The van der Waals surface area contributed by atoms with Crippen molar-refractivity contribution in [2.45, 2.75) is 25.7 Å². The Hall–Kier alpha value is -1.30. The first kappa shape index (κ1) is 14.1. The zero-order chi connectivity index (χ0) is 13.9. The van der Waals surface area contributed by atoms with Gasteiger partial charge in [0.15, 0.2) is 0 Å². The number of nitrogens with one attached hydrogen (secondary N) is 1. The largest absolute Gasteiger partial charge is 0.481 e. The third-order valence-corrected chi connectivity index (χ3v) is 4.19. The molecule has 2 fully saturated rings. The minimum absolute atomic E-state index is 0.136. The van der Waals surface area contributed by atoms with Crippen molar-refractivity contribution < 1.29 is 19.4 Å². The zero-order valence-corrected chi connectivity index (χ0v) is 11.4. The highest BCUT2D eigenvalue weighted by Gasteiger charge is 2.50. The lowest BCUT2D eigenvalue weighted by Gasteiger charge is -2.32. The molecule has 1 heterocycles. The maximum atomic E-state index is 12.0. The fraction of sp³-hybridized carbons (Fsp3) is 0.846. The minimum atomic E-state index is -0.799. The second kappa shape index (κ2) is 5.77. The van der Waals surface area contributed by atoms with Gasteiger partial charge in [0.05, 0.1) is 5.41 Å². The smallest absolute Gasteiger partial charge is 0.317 e. The summed E-state index contributed by atoms with van der Waals surface area (Å²) in [4.78, 5) is 24.7. The van der Waals surface area contributed by atoms with E-state index in [-0.39, 0.29) is 12.6 Å². The molecule has 2 aliphatic rings. The Morgan fingerprint density at radius 3 is 2.47 bits per heavy atom. The van der Waals surface area contributed by atoms with Crippen LogP contribution in [0.25, 0.3) is 0 Å². The molecule has 0 aromatic heterocycles.